The Morgan fingerprint density at radius 3 is 2.21 bits per heavy atom. The number of rotatable bonds is 7. The third kappa shape index (κ3) is 5.57. The van der Waals surface area contributed by atoms with Gasteiger partial charge in [-0.1, -0.05) is 18.2 Å². The lowest BCUT2D eigenvalue weighted by Gasteiger charge is -2.35. The van der Waals surface area contributed by atoms with Gasteiger partial charge in [0.1, 0.15) is 9.88 Å². The molecule has 1 N–H and O–H groups in total. The molecule has 1 aliphatic heterocycles. The first-order valence-electron chi connectivity index (χ1n) is 10.8. The first-order valence-corrected chi connectivity index (χ1v) is 13.5. The molecule has 0 bridgehead atoms. The van der Waals surface area contributed by atoms with Crippen LogP contribution in [0.15, 0.2) is 35.2 Å². The average Bonchev–Trinajstić information content (AvgIpc) is 3.15. The van der Waals surface area contributed by atoms with Crippen molar-refractivity contribution in [1.82, 2.24) is 9.21 Å². The van der Waals surface area contributed by atoms with Gasteiger partial charge in [-0.15, -0.1) is 11.3 Å². The Balaban J connectivity index is 1.74. The van der Waals surface area contributed by atoms with Crippen LogP contribution in [0.25, 0.3) is 0 Å². The van der Waals surface area contributed by atoms with Gasteiger partial charge in [-0.05, 0) is 50.7 Å². The second-order valence-corrected chi connectivity index (χ2v) is 10.7. The Morgan fingerprint density at radius 2 is 1.62 bits per heavy atom. The summed E-state index contributed by atoms with van der Waals surface area (Å²) in [6.07, 6.45) is 0. The minimum absolute atomic E-state index is 0.185. The normalized spacial score (nSPS) is 14.5. The molecule has 0 spiro atoms. The third-order valence-electron chi connectivity index (χ3n) is 5.21. The molecule has 1 fully saturated rings. The van der Waals surface area contributed by atoms with Crippen molar-refractivity contribution < 1.29 is 27.5 Å². The van der Waals surface area contributed by atoms with Gasteiger partial charge in [-0.2, -0.15) is 4.31 Å². The molecule has 0 amide bonds. The monoisotopic (exact) mass is 525 g/mol. The third-order valence-corrected chi connectivity index (χ3v) is 8.67. The van der Waals surface area contributed by atoms with Crippen molar-refractivity contribution in [2.75, 3.05) is 44.7 Å². The highest BCUT2D eigenvalue weighted by Gasteiger charge is 2.31. The van der Waals surface area contributed by atoms with Gasteiger partial charge in [-0.25, -0.2) is 18.0 Å². The first kappa shape index (κ1) is 26.1. The summed E-state index contributed by atoms with van der Waals surface area (Å²) in [5, 5.41) is 3.79. The van der Waals surface area contributed by atoms with E-state index in [2.05, 4.69) is 5.32 Å². The number of anilines is 1. The van der Waals surface area contributed by atoms with E-state index in [1.54, 1.807) is 51.1 Å². The van der Waals surface area contributed by atoms with E-state index in [9.17, 15) is 18.0 Å². The van der Waals surface area contributed by atoms with Crippen molar-refractivity contribution in [1.29, 1.82) is 0 Å². The van der Waals surface area contributed by atoms with Crippen molar-refractivity contribution in [3.8, 4) is 0 Å². The number of thiocarbonyl (C=S) groups is 1. The number of thiophene rings is 1. The zero-order valence-electron chi connectivity index (χ0n) is 19.2. The van der Waals surface area contributed by atoms with Crippen LogP contribution >= 0.6 is 23.6 Å². The van der Waals surface area contributed by atoms with Crippen LogP contribution in [0.2, 0.25) is 0 Å². The largest absolute Gasteiger partial charge is 0.462 e. The van der Waals surface area contributed by atoms with E-state index in [1.165, 1.54) is 4.31 Å². The van der Waals surface area contributed by atoms with Gasteiger partial charge in [0.25, 0.3) is 0 Å². The SMILES string of the molecule is CCOC(=O)c1sc(NC(=S)N2CCN(S(=O)(=O)c3ccccc3)CC2)c(C(=O)OCC)c1C. The predicted octanol–water partition coefficient (Wildman–Crippen LogP) is 3.11. The summed E-state index contributed by atoms with van der Waals surface area (Å²) in [4.78, 5) is 27.3. The molecule has 1 aromatic carbocycles. The molecule has 2 heterocycles. The molecule has 0 atom stereocenters. The Morgan fingerprint density at radius 1 is 1.03 bits per heavy atom. The fraction of sp³-hybridized carbons (Fsp3) is 0.409. The molecular weight excluding hydrogens is 498 g/mol. The van der Waals surface area contributed by atoms with Crippen LogP contribution in [0.1, 0.15) is 39.4 Å². The summed E-state index contributed by atoms with van der Waals surface area (Å²) < 4.78 is 37.4. The number of sulfonamides is 1. The van der Waals surface area contributed by atoms with Crippen molar-refractivity contribution in [2.24, 2.45) is 0 Å². The van der Waals surface area contributed by atoms with Crippen LogP contribution in [-0.2, 0) is 19.5 Å². The van der Waals surface area contributed by atoms with E-state index in [1.807, 2.05) is 4.90 Å². The number of esters is 2. The minimum atomic E-state index is -3.58. The quantitative estimate of drug-likeness (QED) is 0.431. The van der Waals surface area contributed by atoms with Gasteiger partial charge >= 0.3 is 11.9 Å². The van der Waals surface area contributed by atoms with E-state index in [0.717, 1.165) is 11.3 Å². The number of nitrogens with one attached hydrogen (secondary N) is 1. The molecule has 1 saturated heterocycles. The molecule has 0 unspecified atom stereocenters. The lowest BCUT2D eigenvalue weighted by atomic mass is 10.1. The maximum atomic E-state index is 12.9. The van der Waals surface area contributed by atoms with Crippen molar-refractivity contribution >= 4 is 55.6 Å². The van der Waals surface area contributed by atoms with Gasteiger partial charge in [0, 0.05) is 26.2 Å². The molecule has 12 heteroatoms. The standard InChI is InChI=1S/C22H27N3O6S3/c1-4-30-20(26)17-15(3)18(21(27)31-5-2)33-19(17)23-22(32)24-11-13-25(14-12-24)34(28,29)16-9-7-6-8-10-16/h6-10H,4-5,11-14H2,1-3H3,(H,23,32). The number of carbonyl (C=O) groups excluding carboxylic acids is 2. The minimum Gasteiger partial charge on any atom is -0.462 e. The molecule has 3 rings (SSSR count). The highest BCUT2D eigenvalue weighted by Crippen LogP contribution is 2.34. The molecule has 0 radical (unpaired) electrons. The molecule has 2 aromatic rings. The Bertz CT molecular complexity index is 1160. The van der Waals surface area contributed by atoms with Crippen LogP contribution in [0.3, 0.4) is 0 Å². The molecule has 1 aromatic heterocycles. The summed E-state index contributed by atoms with van der Waals surface area (Å²) in [7, 11) is -3.58. The van der Waals surface area contributed by atoms with Crippen LogP contribution in [0.5, 0.6) is 0 Å². The van der Waals surface area contributed by atoms with Crippen LogP contribution < -0.4 is 5.32 Å². The van der Waals surface area contributed by atoms with Crippen LogP contribution in [0, 0.1) is 6.92 Å². The van der Waals surface area contributed by atoms with Gasteiger partial charge in [-0.3, -0.25) is 0 Å². The Hall–Kier alpha value is -2.54. The van der Waals surface area contributed by atoms with E-state index in [0.29, 0.717) is 33.6 Å². The topological polar surface area (TPSA) is 105 Å². The van der Waals surface area contributed by atoms with Crippen LogP contribution in [0.4, 0.5) is 5.00 Å². The smallest absolute Gasteiger partial charge is 0.348 e. The summed E-state index contributed by atoms with van der Waals surface area (Å²) in [6, 6.07) is 8.30. The summed E-state index contributed by atoms with van der Waals surface area (Å²) in [5.74, 6) is -1.08. The molecule has 9 nitrogen and oxygen atoms in total. The Kier molecular flexibility index (Phi) is 8.63. The summed E-state index contributed by atoms with van der Waals surface area (Å²) in [5.41, 5.74) is 0.702. The van der Waals surface area contributed by atoms with Crippen LogP contribution in [-0.4, -0.2) is 74.1 Å². The van der Waals surface area contributed by atoms with Gasteiger partial charge in [0.2, 0.25) is 10.0 Å². The average molecular weight is 526 g/mol. The molecule has 1 aliphatic rings. The molecular formula is C22H27N3O6S3. The zero-order chi connectivity index (χ0) is 24.9. The van der Waals surface area contributed by atoms with E-state index in [4.69, 9.17) is 21.7 Å². The maximum absolute atomic E-state index is 12.9. The predicted molar refractivity (Wildman–Crippen MR) is 134 cm³/mol. The number of hydrogen-bond donors (Lipinski definition) is 1. The van der Waals surface area contributed by atoms with Crippen molar-refractivity contribution in [3.63, 3.8) is 0 Å². The van der Waals surface area contributed by atoms with E-state index >= 15 is 0 Å². The highest BCUT2D eigenvalue weighted by molar-refractivity contribution is 7.89. The van der Waals surface area contributed by atoms with E-state index in [-0.39, 0.29) is 36.8 Å². The Labute approximate surface area is 208 Å². The number of carbonyl (C=O) groups is 2. The van der Waals surface area contributed by atoms with Gasteiger partial charge in [0.05, 0.1) is 23.7 Å². The second-order valence-electron chi connectivity index (χ2n) is 7.34. The zero-order valence-corrected chi connectivity index (χ0v) is 21.6. The molecule has 184 valence electrons. The lowest BCUT2D eigenvalue weighted by molar-refractivity contribution is 0.0527. The summed E-state index contributed by atoms with van der Waals surface area (Å²) in [6.45, 7) is 6.75. The maximum Gasteiger partial charge on any atom is 0.348 e. The number of benzene rings is 1. The molecule has 0 aliphatic carbocycles. The van der Waals surface area contributed by atoms with Gasteiger partial charge < -0.3 is 19.7 Å². The number of hydrogen-bond acceptors (Lipinski definition) is 8. The lowest BCUT2D eigenvalue weighted by Crippen LogP contribution is -2.51. The van der Waals surface area contributed by atoms with Crippen molar-refractivity contribution in [3.05, 3.63) is 46.3 Å². The number of nitrogens with zero attached hydrogens (tertiary/aromatic N) is 2. The molecule has 0 saturated carbocycles. The molecule has 34 heavy (non-hydrogen) atoms. The fourth-order valence-corrected chi connectivity index (χ4v) is 6.37. The second kappa shape index (κ2) is 11.3. The first-order chi connectivity index (χ1) is 16.2. The number of piperazine rings is 1. The van der Waals surface area contributed by atoms with Crippen molar-refractivity contribution in [2.45, 2.75) is 25.7 Å². The highest BCUT2D eigenvalue weighted by atomic mass is 32.2. The van der Waals surface area contributed by atoms with Gasteiger partial charge in [0.15, 0.2) is 5.11 Å². The van der Waals surface area contributed by atoms with E-state index < -0.39 is 22.0 Å². The number of ether oxygens (including phenoxy) is 2. The fourth-order valence-electron chi connectivity index (χ4n) is 3.49. The summed E-state index contributed by atoms with van der Waals surface area (Å²) >= 11 is 6.62.